The van der Waals surface area contributed by atoms with Gasteiger partial charge in [-0.15, -0.1) is 0 Å². The fraction of sp³-hybridized carbons (Fsp3) is 0.0952. The Morgan fingerprint density at radius 1 is 0.893 bits per heavy atom. The molecule has 0 amide bonds. The number of hydrogen-bond acceptors (Lipinski definition) is 3. The van der Waals surface area contributed by atoms with Gasteiger partial charge in [0.25, 0.3) is 10.0 Å². The molecule has 0 radical (unpaired) electrons. The summed E-state index contributed by atoms with van der Waals surface area (Å²) >= 11 is 11.9. The van der Waals surface area contributed by atoms with Gasteiger partial charge < -0.3 is 0 Å². The Bertz CT molecular complexity index is 1100. The minimum Gasteiger partial charge on any atom is -0.292 e. The molecule has 3 rings (SSSR count). The average molecular weight is 434 g/mol. The van der Waals surface area contributed by atoms with Crippen LogP contribution in [0.3, 0.4) is 0 Å². The lowest BCUT2D eigenvalue weighted by Gasteiger charge is -2.24. The Labute approximate surface area is 174 Å². The summed E-state index contributed by atoms with van der Waals surface area (Å²) in [5.41, 5.74) is 1.62. The zero-order chi connectivity index (χ0) is 20.3. The zero-order valence-electron chi connectivity index (χ0n) is 15.0. The Morgan fingerprint density at radius 2 is 1.54 bits per heavy atom. The SMILES string of the molecule is Cc1ccc(S(=O)(=O)N(CC(=O)c2ccc(Cl)cc2)c2cccc(Cl)c2)cc1. The third kappa shape index (κ3) is 4.55. The maximum Gasteiger partial charge on any atom is 0.264 e. The van der Waals surface area contributed by atoms with Crippen LogP contribution in [-0.4, -0.2) is 20.7 Å². The van der Waals surface area contributed by atoms with Crippen molar-refractivity contribution in [3.8, 4) is 0 Å². The van der Waals surface area contributed by atoms with E-state index in [0.717, 1.165) is 9.87 Å². The van der Waals surface area contributed by atoms with E-state index in [9.17, 15) is 13.2 Å². The van der Waals surface area contributed by atoms with E-state index < -0.39 is 10.0 Å². The highest BCUT2D eigenvalue weighted by atomic mass is 35.5. The van der Waals surface area contributed by atoms with Crippen LogP contribution in [0.25, 0.3) is 0 Å². The highest BCUT2D eigenvalue weighted by Crippen LogP contribution is 2.27. The van der Waals surface area contributed by atoms with Crippen LogP contribution in [0.1, 0.15) is 15.9 Å². The van der Waals surface area contributed by atoms with Gasteiger partial charge in [-0.2, -0.15) is 0 Å². The van der Waals surface area contributed by atoms with Crippen LogP contribution < -0.4 is 4.31 Å². The molecule has 0 aliphatic carbocycles. The molecule has 144 valence electrons. The number of aryl methyl sites for hydroxylation is 1. The number of hydrogen-bond donors (Lipinski definition) is 0. The molecule has 4 nitrogen and oxygen atoms in total. The van der Waals surface area contributed by atoms with Gasteiger partial charge in [-0.05, 0) is 61.5 Å². The number of sulfonamides is 1. The van der Waals surface area contributed by atoms with Crippen LogP contribution in [0.5, 0.6) is 0 Å². The first-order valence-corrected chi connectivity index (χ1v) is 10.6. The van der Waals surface area contributed by atoms with E-state index in [1.807, 2.05) is 6.92 Å². The van der Waals surface area contributed by atoms with Crippen molar-refractivity contribution in [1.82, 2.24) is 0 Å². The number of halogens is 2. The lowest BCUT2D eigenvalue weighted by atomic mass is 10.1. The molecule has 3 aromatic carbocycles. The third-order valence-electron chi connectivity index (χ3n) is 4.16. The molecule has 0 unspecified atom stereocenters. The Morgan fingerprint density at radius 3 is 2.14 bits per heavy atom. The second kappa shape index (κ2) is 8.35. The Kier molecular flexibility index (Phi) is 6.08. The zero-order valence-corrected chi connectivity index (χ0v) is 17.3. The number of carbonyl (C=O) groups is 1. The Hall–Kier alpha value is -2.34. The molecule has 0 bridgehead atoms. The van der Waals surface area contributed by atoms with Crippen LogP contribution in [0.2, 0.25) is 10.0 Å². The largest absolute Gasteiger partial charge is 0.292 e. The van der Waals surface area contributed by atoms with Gasteiger partial charge in [0.15, 0.2) is 5.78 Å². The number of nitrogens with zero attached hydrogens (tertiary/aromatic N) is 1. The number of carbonyl (C=O) groups excluding carboxylic acids is 1. The Balaban J connectivity index is 2.03. The normalized spacial score (nSPS) is 11.2. The van der Waals surface area contributed by atoms with Crippen LogP contribution in [-0.2, 0) is 10.0 Å². The number of benzene rings is 3. The molecule has 0 fully saturated rings. The van der Waals surface area contributed by atoms with Gasteiger partial charge >= 0.3 is 0 Å². The predicted molar refractivity (Wildman–Crippen MR) is 113 cm³/mol. The maximum atomic E-state index is 13.3. The van der Waals surface area contributed by atoms with Crippen LogP contribution in [0.4, 0.5) is 5.69 Å². The smallest absolute Gasteiger partial charge is 0.264 e. The predicted octanol–water partition coefficient (Wildman–Crippen LogP) is 5.38. The average Bonchev–Trinajstić information content (AvgIpc) is 2.66. The molecule has 0 saturated heterocycles. The lowest BCUT2D eigenvalue weighted by Crippen LogP contribution is -2.35. The molecule has 0 aliphatic rings. The highest BCUT2D eigenvalue weighted by Gasteiger charge is 2.27. The molecule has 0 aliphatic heterocycles. The summed E-state index contributed by atoms with van der Waals surface area (Å²) in [7, 11) is -3.97. The van der Waals surface area contributed by atoms with Crippen LogP contribution >= 0.6 is 23.2 Å². The molecule has 0 spiro atoms. The van der Waals surface area contributed by atoms with E-state index in [0.29, 0.717) is 21.3 Å². The quantitative estimate of drug-likeness (QED) is 0.490. The first-order chi connectivity index (χ1) is 13.3. The van der Waals surface area contributed by atoms with Gasteiger partial charge in [0.05, 0.1) is 17.1 Å². The van der Waals surface area contributed by atoms with Crippen molar-refractivity contribution in [3.05, 3.63) is 94.0 Å². The van der Waals surface area contributed by atoms with Crippen molar-refractivity contribution in [1.29, 1.82) is 0 Å². The van der Waals surface area contributed by atoms with E-state index in [-0.39, 0.29) is 17.2 Å². The van der Waals surface area contributed by atoms with E-state index in [2.05, 4.69) is 0 Å². The maximum absolute atomic E-state index is 13.3. The van der Waals surface area contributed by atoms with Crippen molar-refractivity contribution in [2.24, 2.45) is 0 Å². The van der Waals surface area contributed by atoms with Gasteiger partial charge in [-0.3, -0.25) is 9.10 Å². The third-order valence-corrected chi connectivity index (χ3v) is 6.43. The van der Waals surface area contributed by atoms with Crippen LogP contribution in [0.15, 0.2) is 77.7 Å². The number of Topliss-reactive ketones (excluding diaryl/α,β-unsaturated/α-hetero) is 1. The molecule has 7 heteroatoms. The molecular weight excluding hydrogens is 417 g/mol. The summed E-state index contributed by atoms with van der Waals surface area (Å²) < 4.78 is 27.6. The van der Waals surface area contributed by atoms with Crippen molar-refractivity contribution in [3.63, 3.8) is 0 Å². The molecule has 0 heterocycles. The van der Waals surface area contributed by atoms with Gasteiger partial charge in [0.1, 0.15) is 0 Å². The topological polar surface area (TPSA) is 54.5 Å². The first kappa shape index (κ1) is 20.4. The summed E-state index contributed by atoms with van der Waals surface area (Å²) in [6, 6.07) is 19.2. The molecule has 0 N–H and O–H groups in total. The molecule has 0 aromatic heterocycles. The van der Waals surface area contributed by atoms with Gasteiger partial charge in [0.2, 0.25) is 0 Å². The number of anilines is 1. The summed E-state index contributed by atoms with van der Waals surface area (Å²) in [5, 5.41) is 0.871. The summed E-state index contributed by atoms with van der Waals surface area (Å²) in [6.07, 6.45) is 0. The van der Waals surface area contributed by atoms with E-state index in [1.165, 1.54) is 18.2 Å². The van der Waals surface area contributed by atoms with Gasteiger partial charge in [-0.1, -0.05) is 47.0 Å². The van der Waals surface area contributed by atoms with Crippen molar-refractivity contribution in [2.45, 2.75) is 11.8 Å². The minimum atomic E-state index is -3.97. The first-order valence-electron chi connectivity index (χ1n) is 8.41. The summed E-state index contributed by atoms with van der Waals surface area (Å²) in [4.78, 5) is 12.9. The van der Waals surface area contributed by atoms with Gasteiger partial charge in [0, 0.05) is 15.6 Å². The fourth-order valence-electron chi connectivity index (χ4n) is 2.64. The summed E-state index contributed by atoms with van der Waals surface area (Å²) in [5.74, 6) is -0.354. The highest BCUT2D eigenvalue weighted by molar-refractivity contribution is 7.92. The van der Waals surface area contributed by atoms with E-state index >= 15 is 0 Å². The molecule has 0 saturated carbocycles. The minimum absolute atomic E-state index is 0.0991. The molecule has 0 atom stereocenters. The second-order valence-electron chi connectivity index (χ2n) is 6.23. The molecule has 3 aromatic rings. The number of ketones is 1. The monoisotopic (exact) mass is 433 g/mol. The van der Waals surface area contributed by atoms with Crippen LogP contribution in [0, 0.1) is 6.92 Å². The summed E-state index contributed by atoms with van der Waals surface area (Å²) in [6.45, 7) is 1.51. The molecule has 28 heavy (non-hydrogen) atoms. The van der Waals surface area contributed by atoms with Crippen molar-refractivity contribution in [2.75, 3.05) is 10.8 Å². The fourth-order valence-corrected chi connectivity index (χ4v) is 4.36. The molecular formula is C21H17Cl2NO3S. The standard InChI is InChI=1S/C21H17Cl2NO3S/c1-15-5-11-20(12-6-15)28(26,27)24(19-4-2-3-18(23)13-19)14-21(25)16-7-9-17(22)10-8-16/h2-13H,14H2,1H3. The van der Waals surface area contributed by atoms with E-state index in [1.54, 1.807) is 54.6 Å². The van der Waals surface area contributed by atoms with Gasteiger partial charge in [-0.25, -0.2) is 8.42 Å². The van der Waals surface area contributed by atoms with E-state index in [4.69, 9.17) is 23.2 Å². The van der Waals surface area contributed by atoms with Crippen molar-refractivity contribution < 1.29 is 13.2 Å². The number of rotatable bonds is 6. The second-order valence-corrected chi connectivity index (χ2v) is 8.97. The lowest BCUT2D eigenvalue weighted by molar-refractivity contribution is 0.100. The van der Waals surface area contributed by atoms with Crippen molar-refractivity contribution >= 4 is 44.7 Å².